The Morgan fingerprint density at radius 3 is 1.03 bits per heavy atom. The highest BCUT2D eigenvalue weighted by Gasteiger charge is 2.35. The van der Waals surface area contributed by atoms with Crippen molar-refractivity contribution in [2.24, 2.45) is 0 Å². The number of hydrogen-bond acceptors (Lipinski definition) is 1. The molecule has 0 fully saturated rings. The lowest BCUT2D eigenvalue weighted by Gasteiger charge is -2.22. The molecule has 0 N–H and O–H groups in total. The standard InChI is InChI=1S/C67H48F3N3/c1-40-11-6-16-45(29-40)49-21-25-60-55(33-49)56-34-50(46-17-7-12-41(2)30-46)22-26-61(56)72(60)64-37-53(39-71)54(66-44(5)15-10-20-59(66)67(68,69)70)38-65(64)73-62-27-23-51(47-18-8-13-42(3)31-47)35-57(62)58-36-52(24-28-63(58)73)48-19-9-14-43(4)32-48/h6-38H,1-5H3. The van der Waals surface area contributed by atoms with Gasteiger partial charge in [0.05, 0.1) is 50.6 Å². The average Bonchev–Trinajstić information content (AvgIpc) is 3.89. The van der Waals surface area contributed by atoms with Gasteiger partial charge in [-0.05, 0) is 157 Å². The molecule has 6 heteroatoms. The summed E-state index contributed by atoms with van der Waals surface area (Å²) in [6, 6.07) is 70.1. The highest BCUT2D eigenvalue weighted by molar-refractivity contribution is 6.14. The van der Waals surface area contributed by atoms with Crippen molar-refractivity contribution >= 4 is 43.6 Å². The molecule has 0 amide bonds. The summed E-state index contributed by atoms with van der Waals surface area (Å²) < 4.78 is 50.2. The predicted octanol–water partition coefficient (Wildman–Crippen LogP) is 18.6. The summed E-state index contributed by atoms with van der Waals surface area (Å²) in [5.41, 5.74) is 17.9. The van der Waals surface area contributed by atoms with E-state index in [2.05, 4.69) is 213 Å². The first-order valence-electron chi connectivity index (χ1n) is 24.5. The van der Waals surface area contributed by atoms with Crippen LogP contribution < -0.4 is 0 Å². The summed E-state index contributed by atoms with van der Waals surface area (Å²) in [6.07, 6.45) is -4.69. The van der Waals surface area contributed by atoms with Crippen LogP contribution in [0.1, 0.15) is 38.9 Å². The Morgan fingerprint density at radius 1 is 0.370 bits per heavy atom. The highest BCUT2D eigenvalue weighted by atomic mass is 19.4. The Morgan fingerprint density at radius 2 is 0.699 bits per heavy atom. The number of nitrogens with zero attached hydrogens (tertiary/aromatic N) is 3. The molecular formula is C67H48F3N3. The van der Waals surface area contributed by atoms with Gasteiger partial charge in [-0.3, -0.25) is 0 Å². The Kier molecular flexibility index (Phi) is 10.8. The fraction of sp³-hybridized carbons (Fsp3) is 0.0896. The molecule has 0 aliphatic rings. The van der Waals surface area contributed by atoms with Gasteiger partial charge in [-0.2, -0.15) is 18.4 Å². The maximum Gasteiger partial charge on any atom is 0.417 e. The second-order valence-corrected chi connectivity index (χ2v) is 19.6. The molecule has 12 rings (SSSR count). The zero-order valence-electron chi connectivity index (χ0n) is 41.0. The van der Waals surface area contributed by atoms with E-state index in [0.717, 1.165) is 116 Å². The van der Waals surface area contributed by atoms with Crippen LogP contribution in [-0.2, 0) is 6.18 Å². The fourth-order valence-electron chi connectivity index (χ4n) is 11.1. The third-order valence-corrected chi connectivity index (χ3v) is 14.5. The molecule has 0 atom stereocenters. The van der Waals surface area contributed by atoms with Crippen molar-refractivity contribution in [3.8, 4) is 73.1 Å². The fourth-order valence-corrected chi connectivity index (χ4v) is 11.1. The van der Waals surface area contributed by atoms with Crippen molar-refractivity contribution < 1.29 is 13.2 Å². The summed E-state index contributed by atoms with van der Waals surface area (Å²) >= 11 is 0. The van der Waals surface area contributed by atoms with Crippen LogP contribution >= 0.6 is 0 Å². The maximum atomic E-state index is 15.3. The van der Waals surface area contributed by atoms with Crippen LogP contribution in [0.15, 0.2) is 200 Å². The average molecular weight is 952 g/mol. The molecule has 0 saturated heterocycles. The second kappa shape index (κ2) is 17.4. The molecular weight excluding hydrogens is 904 g/mol. The number of rotatable bonds is 7. The summed E-state index contributed by atoms with van der Waals surface area (Å²) in [5, 5.41) is 15.2. The molecule has 0 spiro atoms. The molecule has 2 heterocycles. The molecule has 12 aromatic rings. The number of halogens is 3. The lowest BCUT2D eigenvalue weighted by atomic mass is 9.90. The van der Waals surface area contributed by atoms with E-state index in [1.165, 1.54) is 6.07 Å². The van der Waals surface area contributed by atoms with Crippen LogP contribution in [0.2, 0.25) is 0 Å². The van der Waals surface area contributed by atoms with Crippen LogP contribution in [0.3, 0.4) is 0 Å². The summed E-state index contributed by atoms with van der Waals surface area (Å²) in [5.74, 6) is 0. The number of fused-ring (bicyclic) bond motifs is 6. The van der Waals surface area contributed by atoms with Crippen LogP contribution in [-0.4, -0.2) is 9.13 Å². The number of aryl methyl sites for hydroxylation is 5. The smallest absolute Gasteiger partial charge is 0.307 e. The SMILES string of the molecule is Cc1cccc(-c2ccc3c(c2)c2cc(-c4cccc(C)c4)ccc2n3-c2cc(C#N)c(-c3c(C)cccc3C(F)(F)F)cc2-n2c3ccc(-c4cccc(C)c4)cc3c3cc(-c4cccc(C)c4)ccc32)c1. The van der Waals surface area contributed by atoms with Crippen molar-refractivity contribution in [1.29, 1.82) is 5.26 Å². The molecule has 0 unspecified atom stereocenters. The highest BCUT2D eigenvalue weighted by Crippen LogP contribution is 2.46. The van der Waals surface area contributed by atoms with E-state index in [1.54, 1.807) is 19.1 Å². The zero-order valence-corrected chi connectivity index (χ0v) is 41.0. The van der Waals surface area contributed by atoms with Crippen LogP contribution in [0.5, 0.6) is 0 Å². The quantitative estimate of drug-likeness (QED) is 0.157. The van der Waals surface area contributed by atoms with E-state index in [0.29, 0.717) is 16.9 Å². The van der Waals surface area contributed by atoms with E-state index in [9.17, 15) is 5.26 Å². The molecule has 0 saturated carbocycles. The predicted molar refractivity (Wildman–Crippen MR) is 296 cm³/mol. The molecule has 0 radical (unpaired) electrons. The molecule has 73 heavy (non-hydrogen) atoms. The van der Waals surface area contributed by atoms with E-state index in [4.69, 9.17) is 0 Å². The van der Waals surface area contributed by atoms with E-state index < -0.39 is 11.7 Å². The Labute approximate surface area is 422 Å². The van der Waals surface area contributed by atoms with Gasteiger partial charge < -0.3 is 9.13 Å². The Balaban J connectivity index is 1.23. The summed E-state index contributed by atoms with van der Waals surface area (Å²) in [6.45, 7) is 10.1. The van der Waals surface area contributed by atoms with Crippen molar-refractivity contribution in [2.75, 3.05) is 0 Å². The molecule has 3 nitrogen and oxygen atoms in total. The minimum atomic E-state index is -4.69. The molecule has 0 aliphatic heterocycles. The van der Waals surface area contributed by atoms with Gasteiger partial charge in [0, 0.05) is 27.1 Å². The van der Waals surface area contributed by atoms with Crippen molar-refractivity contribution in [3.05, 3.63) is 239 Å². The van der Waals surface area contributed by atoms with Gasteiger partial charge in [0.2, 0.25) is 0 Å². The summed E-state index contributed by atoms with van der Waals surface area (Å²) in [7, 11) is 0. The Bertz CT molecular complexity index is 4070. The number of alkyl halides is 3. The number of hydrogen-bond donors (Lipinski definition) is 0. The van der Waals surface area contributed by atoms with E-state index >= 15 is 13.2 Å². The van der Waals surface area contributed by atoms with Crippen molar-refractivity contribution in [3.63, 3.8) is 0 Å². The van der Waals surface area contributed by atoms with Gasteiger partial charge in [0.1, 0.15) is 0 Å². The van der Waals surface area contributed by atoms with Crippen LogP contribution in [0.25, 0.3) is 111 Å². The van der Waals surface area contributed by atoms with Gasteiger partial charge in [0.15, 0.2) is 0 Å². The zero-order chi connectivity index (χ0) is 50.3. The van der Waals surface area contributed by atoms with Crippen molar-refractivity contribution in [1.82, 2.24) is 9.13 Å². The third kappa shape index (κ3) is 7.86. The summed E-state index contributed by atoms with van der Waals surface area (Å²) in [4.78, 5) is 0. The molecule has 0 bridgehead atoms. The first kappa shape index (κ1) is 45.2. The number of benzene rings is 10. The number of nitriles is 1. The second-order valence-electron chi connectivity index (χ2n) is 19.6. The lowest BCUT2D eigenvalue weighted by Crippen LogP contribution is -2.10. The minimum Gasteiger partial charge on any atom is -0.307 e. The molecule has 10 aromatic carbocycles. The molecule has 352 valence electrons. The lowest BCUT2D eigenvalue weighted by molar-refractivity contribution is -0.137. The van der Waals surface area contributed by atoms with Crippen LogP contribution in [0, 0.1) is 45.9 Å². The normalized spacial score (nSPS) is 11.8. The topological polar surface area (TPSA) is 33.6 Å². The first-order valence-corrected chi connectivity index (χ1v) is 24.5. The van der Waals surface area contributed by atoms with Gasteiger partial charge in [-0.15, -0.1) is 0 Å². The Hall–Kier alpha value is -8.92. The van der Waals surface area contributed by atoms with E-state index in [-0.39, 0.29) is 16.7 Å². The van der Waals surface area contributed by atoms with E-state index in [1.807, 2.05) is 6.07 Å². The van der Waals surface area contributed by atoms with Gasteiger partial charge in [-0.1, -0.05) is 156 Å². The van der Waals surface area contributed by atoms with Gasteiger partial charge >= 0.3 is 6.18 Å². The monoisotopic (exact) mass is 951 g/mol. The molecule has 2 aromatic heterocycles. The van der Waals surface area contributed by atoms with Crippen LogP contribution in [0.4, 0.5) is 13.2 Å². The maximum absolute atomic E-state index is 15.3. The number of aromatic nitrogens is 2. The molecule has 0 aliphatic carbocycles. The third-order valence-electron chi connectivity index (χ3n) is 14.5. The van der Waals surface area contributed by atoms with Gasteiger partial charge in [-0.25, -0.2) is 0 Å². The largest absolute Gasteiger partial charge is 0.417 e. The van der Waals surface area contributed by atoms with Gasteiger partial charge in [0.25, 0.3) is 0 Å². The first-order chi connectivity index (χ1) is 35.3. The minimum absolute atomic E-state index is 0.0172. The van der Waals surface area contributed by atoms with Crippen molar-refractivity contribution in [2.45, 2.75) is 40.8 Å².